The number of nitrogen functional groups attached to an aromatic ring is 1. The molecular formula is C11H13ClN4O2. The van der Waals surface area contributed by atoms with E-state index in [2.05, 4.69) is 15.1 Å². The molecule has 3 rings (SSSR count). The van der Waals surface area contributed by atoms with Crippen LogP contribution >= 0.6 is 12.4 Å². The standard InChI is InChI=1S/C11H12N4O2.ClH/c12-9-3-1-2-8(13-9)11-14-10(15-17-11)7-4-5-16-6-7;/h1-3,7H,4-6H2,(H2,12,13);1H. The Labute approximate surface area is 110 Å². The van der Waals surface area contributed by atoms with Crippen molar-refractivity contribution < 1.29 is 9.26 Å². The van der Waals surface area contributed by atoms with Gasteiger partial charge in [-0.25, -0.2) is 4.98 Å². The van der Waals surface area contributed by atoms with Crippen LogP contribution in [-0.2, 0) is 4.74 Å². The first-order valence-electron chi connectivity index (χ1n) is 5.47. The number of hydrogen-bond acceptors (Lipinski definition) is 6. The van der Waals surface area contributed by atoms with E-state index in [1.165, 1.54) is 0 Å². The number of hydrogen-bond donors (Lipinski definition) is 1. The summed E-state index contributed by atoms with van der Waals surface area (Å²) in [5.74, 6) is 1.75. The topological polar surface area (TPSA) is 87.1 Å². The lowest BCUT2D eigenvalue weighted by Crippen LogP contribution is -1.99. The second kappa shape index (κ2) is 5.32. The van der Waals surface area contributed by atoms with Gasteiger partial charge < -0.3 is 15.0 Å². The summed E-state index contributed by atoms with van der Waals surface area (Å²) in [6.45, 7) is 1.41. The highest BCUT2D eigenvalue weighted by Gasteiger charge is 2.23. The van der Waals surface area contributed by atoms with Crippen LogP contribution in [0.1, 0.15) is 18.2 Å². The number of pyridine rings is 1. The third-order valence-corrected chi connectivity index (χ3v) is 2.73. The highest BCUT2D eigenvalue weighted by Crippen LogP contribution is 2.25. The Morgan fingerprint density at radius 3 is 2.89 bits per heavy atom. The van der Waals surface area contributed by atoms with Gasteiger partial charge in [0.15, 0.2) is 5.82 Å². The number of nitrogens with two attached hydrogens (primary N) is 1. The highest BCUT2D eigenvalue weighted by molar-refractivity contribution is 5.85. The molecule has 2 aromatic heterocycles. The van der Waals surface area contributed by atoms with Crippen molar-refractivity contribution in [3.8, 4) is 11.6 Å². The summed E-state index contributed by atoms with van der Waals surface area (Å²) in [6, 6.07) is 5.31. The van der Waals surface area contributed by atoms with Gasteiger partial charge >= 0.3 is 0 Å². The van der Waals surface area contributed by atoms with Crippen molar-refractivity contribution in [1.29, 1.82) is 0 Å². The smallest absolute Gasteiger partial charge is 0.276 e. The second-order valence-corrected chi connectivity index (χ2v) is 3.97. The minimum absolute atomic E-state index is 0. The van der Waals surface area contributed by atoms with Crippen LogP contribution in [0.25, 0.3) is 11.6 Å². The zero-order valence-corrected chi connectivity index (χ0v) is 10.4. The van der Waals surface area contributed by atoms with E-state index in [-0.39, 0.29) is 18.3 Å². The molecule has 3 heterocycles. The van der Waals surface area contributed by atoms with Gasteiger partial charge in [0.05, 0.1) is 6.61 Å². The van der Waals surface area contributed by atoms with Gasteiger partial charge in [-0.1, -0.05) is 11.2 Å². The molecule has 0 aliphatic carbocycles. The quantitative estimate of drug-likeness (QED) is 0.891. The van der Waals surface area contributed by atoms with Crippen LogP contribution in [0.2, 0.25) is 0 Å². The van der Waals surface area contributed by atoms with E-state index < -0.39 is 0 Å². The number of anilines is 1. The van der Waals surface area contributed by atoms with Gasteiger partial charge in [0, 0.05) is 12.5 Å². The van der Waals surface area contributed by atoms with Gasteiger partial charge in [-0.05, 0) is 18.6 Å². The molecule has 6 nitrogen and oxygen atoms in total. The van der Waals surface area contributed by atoms with E-state index in [0.717, 1.165) is 13.0 Å². The molecule has 1 saturated heterocycles. The Bertz CT molecular complexity index is 525. The molecule has 0 amide bonds. The summed E-state index contributed by atoms with van der Waals surface area (Å²) in [5, 5.41) is 3.96. The van der Waals surface area contributed by atoms with Crippen LogP contribution < -0.4 is 5.73 Å². The third-order valence-electron chi connectivity index (χ3n) is 2.73. The maximum absolute atomic E-state index is 5.60. The predicted octanol–water partition coefficient (Wildman–Crippen LogP) is 1.64. The first-order valence-corrected chi connectivity index (χ1v) is 5.47. The molecule has 1 unspecified atom stereocenters. The van der Waals surface area contributed by atoms with Crippen molar-refractivity contribution in [1.82, 2.24) is 15.1 Å². The van der Waals surface area contributed by atoms with Crippen molar-refractivity contribution in [2.45, 2.75) is 12.3 Å². The molecule has 0 spiro atoms. The monoisotopic (exact) mass is 268 g/mol. The summed E-state index contributed by atoms with van der Waals surface area (Å²) < 4.78 is 10.5. The molecule has 7 heteroatoms. The third kappa shape index (κ3) is 2.44. The Hall–Kier alpha value is -1.66. The largest absolute Gasteiger partial charge is 0.384 e. The normalized spacial score (nSPS) is 18.6. The molecule has 2 N–H and O–H groups in total. The fraction of sp³-hybridized carbons (Fsp3) is 0.364. The van der Waals surface area contributed by atoms with Crippen molar-refractivity contribution in [2.75, 3.05) is 18.9 Å². The fourth-order valence-electron chi connectivity index (χ4n) is 1.81. The lowest BCUT2D eigenvalue weighted by atomic mass is 10.1. The molecule has 96 valence electrons. The molecule has 18 heavy (non-hydrogen) atoms. The van der Waals surface area contributed by atoms with Crippen LogP contribution in [0.5, 0.6) is 0 Å². The first kappa shape index (κ1) is 12.8. The fourth-order valence-corrected chi connectivity index (χ4v) is 1.81. The average Bonchev–Trinajstić information content (AvgIpc) is 3.00. The maximum Gasteiger partial charge on any atom is 0.276 e. The van der Waals surface area contributed by atoms with E-state index in [0.29, 0.717) is 29.8 Å². The molecule has 2 aromatic rings. The predicted molar refractivity (Wildman–Crippen MR) is 67.4 cm³/mol. The highest BCUT2D eigenvalue weighted by atomic mass is 35.5. The summed E-state index contributed by atoms with van der Waals surface area (Å²) in [6.07, 6.45) is 0.934. The van der Waals surface area contributed by atoms with Crippen LogP contribution in [0.4, 0.5) is 5.82 Å². The van der Waals surface area contributed by atoms with E-state index in [4.69, 9.17) is 15.0 Å². The molecule has 0 radical (unpaired) electrons. The summed E-state index contributed by atoms with van der Waals surface area (Å²) >= 11 is 0. The Balaban J connectivity index is 0.00000120. The average molecular weight is 269 g/mol. The maximum atomic E-state index is 5.60. The van der Waals surface area contributed by atoms with E-state index >= 15 is 0 Å². The number of halogens is 1. The zero-order valence-electron chi connectivity index (χ0n) is 9.57. The Kier molecular flexibility index (Phi) is 3.78. The zero-order chi connectivity index (χ0) is 11.7. The SMILES string of the molecule is Cl.Nc1cccc(-c2nc(C3CCOC3)no2)n1. The number of aromatic nitrogens is 3. The summed E-state index contributed by atoms with van der Waals surface area (Å²) in [5.41, 5.74) is 6.20. The second-order valence-electron chi connectivity index (χ2n) is 3.97. The van der Waals surface area contributed by atoms with Gasteiger partial charge in [0.25, 0.3) is 5.89 Å². The van der Waals surface area contributed by atoms with Gasteiger partial charge in [-0.3, -0.25) is 0 Å². The van der Waals surface area contributed by atoms with Gasteiger partial charge in [-0.2, -0.15) is 4.98 Å². The van der Waals surface area contributed by atoms with Gasteiger partial charge in [-0.15, -0.1) is 12.4 Å². The van der Waals surface area contributed by atoms with Gasteiger partial charge in [0.2, 0.25) is 0 Å². The van der Waals surface area contributed by atoms with Crippen LogP contribution in [0.15, 0.2) is 22.7 Å². The first-order chi connectivity index (χ1) is 8.33. The molecule has 0 saturated carbocycles. The number of rotatable bonds is 2. The molecule has 0 bridgehead atoms. The summed E-state index contributed by atoms with van der Waals surface area (Å²) in [7, 11) is 0. The number of nitrogens with zero attached hydrogens (tertiary/aromatic N) is 3. The van der Waals surface area contributed by atoms with Crippen molar-refractivity contribution in [3.63, 3.8) is 0 Å². The molecule has 1 aliphatic rings. The Morgan fingerprint density at radius 1 is 1.28 bits per heavy atom. The van der Waals surface area contributed by atoms with Crippen molar-refractivity contribution >= 4 is 18.2 Å². The lowest BCUT2D eigenvalue weighted by molar-refractivity contribution is 0.192. The van der Waals surface area contributed by atoms with Crippen molar-refractivity contribution in [2.24, 2.45) is 0 Å². The van der Waals surface area contributed by atoms with Crippen LogP contribution in [-0.4, -0.2) is 28.3 Å². The van der Waals surface area contributed by atoms with Crippen LogP contribution in [0.3, 0.4) is 0 Å². The molecular weight excluding hydrogens is 256 g/mol. The van der Waals surface area contributed by atoms with E-state index in [9.17, 15) is 0 Å². The van der Waals surface area contributed by atoms with Crippen molar-refractivity contribution in [3.05, 3.63) is 24.0 Å². The Morgan fingerprint density at radius 2 is 2.17 bits per heavy atom. The molecule has 1 fully saturated rings. The molecule has 1 atom stereocenters. The minimum atomic E-state index is 0. The summed E-state index contributed by atoms with van der Waals surface area (Å²) in [4.78, 5) is 8.46. The lowest BCUT2D eigenvalue weighted by Gasteiger charge is -1.97. The molecule has 0 aromatic carbocycles. The van der Waals surface area contributed by atoms with E-state index in [1.54, 1.807) is 18.2 Å². The number of ether oxygens (including phenoxy) is 1. The molecule has 1 aliphatic heterocycles. The minimum Gasteiger partial charge on any atom is -0.384 e. The van der Waals surface area contributed by atoms with Crippen LogP contribution in [0, 0.1) is 0 Å². The van der Waals surface area contributed by atoms with E-state index in [1.807, 2.05) is 0 Å². The van der Waals surface area contributed by atoms with Gasteiger partial charge in [0.1, 0.15) is 11.5 Å².